The van der Waals surface area contributed by atoms with E-state index in [1.807, 2.05) is 13.0 Å². The lowest BCUT2D eigenvalue weighted by molar-refractivity contribution is 1.11. The molecule has 18 heavy (non-hydrogen) atoms. The van der Waals surface area contributed by atoms with E-state index in [2.05, 4.69) is 52.6 Å². The molecule has 1 aromatic carbocycles. The Morgan fingerprint density at radius 1 is 1.00 bits per heavy atom. The maximum absolute atomic E-state index is 4.21. The summed E-state index contributed by atoms with van der Waals surface area (Å²) < 4.78 is 0. The molecule has 94 valence electrons. The van der Waals surface area contributed by atoms with E-state index in [1.165, 1.54) is 11.1 Å². The monoisotopic (exact) mass is 242 g/mol. The van der Waals surface area contributed by atoms with Crippen LogP contribution in [0.3, 0.4) is 0 Å². The van der Waals surface area contributed by atoms with Crippen molar-refractivity contribution in [3.05, 3.63) is 41.7 Å². The Labute approximate surface area is 107 Å². The van der Waals surface area contributed by atoms with Crippen LogP contribution in [-0.2, 0) is 0 Å². The Morgan fingerprint density at radius 3 is 2.50 bits per heavy atom. The molecule has 0 radical (unpaired) electrons. The minimum atomic E-state index is 0.796. The lowest BCUT2D eigenvalue weighted by Crippen LogP contribution is -2.01. The van der Waals surface area contributed by atoms with Crippen LogP contribution >= 0.6 is 0 Å². The van der Waals surface area contributed by atoms with Gasteiger partial charge in [0.25, 0.3) is 0 Å². The van der Waals surface area contributed by atoms with E-state index in [1.54, 1.807) is 6.33 Å². The second kappa shape index (κ2) is 5.49. The predicted molar refractivity (Wildman–Crippen MR) is 75.4 cm³/mol. The first-order chi connectivity index (χ1) is 8.69. The molecule has 2 rings (SSSR count). The zero-order valence-corrected chi connectivity index (χ0v) is 11.0. The van der Waals surface area contributed by atoms with Crippen molar-refractivity contribution in [3.63, 3.8) is 0 Å². The van der Waals surface area contributed by atoms with Gasteiger partial charge in [0, 0.05) is 18.3 Å². The highest BCUT2D eigenvalue weighted by Crippen LogP contribution is 2.19. The van der Waals surface area contributed by atoms with E-state index in [0.717, 1.165) is 23.9 Å². The fourth-order valence-electron chi connectivity index (χ4n) is 1.67. The third-order valence-electron chi connectivity index (χ3n) is 2.80. The van der Waals surface area contributed by atoms with Crippen molar-refractivity contribution in [1.29, 1.82) is 0 Å². The van der Waals surface area contributed by atoms with Gasteiger partial charge in [0.1, 0.15) is 18.0 Å². The predicted octanol–water partition coefficient (Wildman–Crippen LogP) is 3.27. The largest absolute Gasteiger partial charge is 0.370 e. The normalized spacial score (nSPS) is 10.2. The van der Waals surface area contributed by atoms with Crippen LogP contribution < -0.4 is 10.6 Å². The van der Waals surface area contributed by atoms with Crippen LogP contribution in [0.4, 0.5) is 17.3 Å². The zero-order valence-electron chi connectivity index (χ0n) is 11.0. The molecule has 0 aliphatic carbocycles. The van der Waals surface area contributed by atoms with Crippen molar-refractivity contribution in [2.24, 2.45) is 0 Å². The second-order valence-electron chi connectivity index (χ2n) is 4.24. The van der Waals surface area contributed by atoms with Crippen LogP contribution in [0.1, 0.15) is 18.1 Å². The number of anilines is 3. The molecule has 1 heterocycles. The maximum atomic E-state index is 4.21. The molecule has 0 saturated heterocycles. The number of hydrogen-bond donors (Lipinski definition) is 2. The number of nitrogens with zero attached hydrogens (tertiary/aromatic N) is 2. The van der Waals surface area contributed by atoms with Crippen molar-refractivity contribution < 1.29 is 0 Å². The quantitative estimate of drug-likeness (QED) is 0.864. The smallest absolute Gasteiger partial charge is 0.135 e. The molecule has 2 N–H and O–H groups in total. The first kappa shape index (κ1) is 12.4. The van der Waals surface area contributed by atoms with Gasteiger partial charge in [0.2, 0.25) is 0 Å². The molecule has 0 amide bonds. The summed E-state index contributed by atoms with van der Waals surface area (Å²) in [6, 6.07) is 8.17. The zero-order chi connectivity index (χ0) is 13.0. The maximum Gasteiger partial charge on any atom is 0.135 e. The highest BCUT2D eigenvalue weighted by Gasteiger charge is 2.00. The molecule has 0 aliphatic rings. The van der Waals surface area contributed by atoms with Crippen molar-refractivity contribution in [2.75, 3.05) is 17.2 Å². The first-order valence-electron chi connectivity index (χ1n) is 6.09. The number of nitrogens with one attached hydrogen (secondary N) is 2. The summed E-state index contributed by atoms with van der Waals surface area (Å²) in [5.41, 5.74) is 3.59. The van der Waals surface area contributed by atoms with Crippen LogP contribution in [0, 0.1) is 13.8 Å². The molecule has 0 saturated carbocycles. The molecule has 0 bridgehead atoms. The molecule has 0 fully saturated rings. The molecule has 0 unspecified atom stereocenters. The van der Waals surface area contributed by atoms with Crippen LogP contribution in [0.25, 0.3) is 0 Å². The second-order valence-corrected chi connectivity index (χ2v) is 4.24. The van der Waals surface area contributed by atoms with Gasteiger partial charge in [0.05, 0.1) is 0 Å². The van der Waals surface area contributed by atoms with Crippen molar-refractivity contribution in [1.82, 2.24) is 9.97 Å². The van der Waals surface area contributed by atoms with Crippen molar-refractivity contribution in [2.45, 2.75) is 20.8 Å². The molecular formula is C14H18N4. The highest BCUT2D eigenvalue weighted by molar-refractivity contribution is 5.60. The summed E-state index contributed by atoms with van der Waals surface area (Å²) in [5, 5.41) is 6.44. The summed E-state index contributed by atoms with van der Waals surface area (Å²) in [5.74, 6) is 1.63. The Bertz CT molecular complexity index is 537. The summed E-state index contributed by atoms with van der Waals surface area (Å²) >= 11 is 0. The fraction of sp³-hybridized carbons (Fsp3) is 0.286. The third kappa shape index (κ3) is 2.97. The molecule has 4 heteroatoms. The Hall–Kier alpha value is -2.10. The minimum Gasteiger partial charge on any atom is -0.370 e. The van der Waals surface area contributed by atoms with Crippen LogP contribution in [0.5, 0.6) is 0 Å². The van der Waals surface area contributed by atoms with Crippen molar-refractivity contribution >= 4 is 17.3 Å². The number of aromatic nitrogens is 2. The number of aryl methyl sites for hydroxylation is 2. The standard InChI is InChI=1S/C14H18N4/c1-4-15-13-8-14(17-9-16-13)18-12-6-5-10(2)11(3)7-12/h5-9H,4H2,1-3H3,(H2,15,16,17,18). The van der Waals surface area contributed by atoms with Crippen molar-refractivity contribution in [3.8, 4) is 0 Å². The number of hydrogen-bond acceptors (Lipinski definition) is 4. The van der Waals surface area contributed by atoms with Crippen LogP contribution in [0.15, 0.2) is 30.6 Å². The average molecular weight is 242 g/mol. The summed E-state index contributed by atoms with van der Waals surface area (Å²) in [7, 11) is 0. The Kier molecular flexibility index (Phi) is 3.77. The molecule has 4 nitrogen and oxygen atoms in total. The van der Waals surface area contributed by atoms with Gasteiger partial charge in [-0.25, -0.2) is 9.97 Å². The number of benzene rings is 1. The van der Waals surface area contributed by atoms with E-state index in [0.29, 0.717) is 0 Å². The molecule has 0 atom stereocenters. The Morgan fingerprint density at radius 2 is 1.78 bits per heavy atom. The third-order valence-corrected chi connectivity index (χ3v) is 2.80. The molecule has 2 aromatic rings. The summed E-state index contributed by atoms with van der Waals surface area (Å²) in [6.45, 7) is 7.09. The lowest BCUT2D eigenvalue weighted by atomic mass is 10.1. The van der Waals surface area contributed by atoms with Gasteiger partial charge in [-0.2, -0.15) is 0 Å². The summed E-state index contributed by atoms with van der Waals surface area (Å²) in [4.78, 5) is 8.35. The van der Waals surface area contributed by atoms with E-state index < -0.39 is 0 Å². The topological polar surface area (TPSA) is 49.8 Å². The van der Waals surface area contributed by atoms with Gasteiger partial charge in [-0.15, -0.1) is 0 Å². The first-order valence-corrected chi connectivity index (χ1v) is 6.09. The van der Waals surface area contributed by atoms with Gasteiger partial charge in [-0.1, -0.05) is 6.07 Å². The molecule has 0 spiro atoms. The van der Waals surface area contributed by atoms with E-state index in [-0.39, 0.29) is 0 Å². The van der Waals surface area contributed by atoms with Crippen LogP contribution in [0.2, 0.25) is 0 Å². The molecular weight excluding hydrogens is 224 g/mol. The lowest BCUT2D eigenvalue weighted by Gasteiger charge is -2.09. The van der Waals surface area contributed by atoms with Gasteiger partial charge in [0.15, 0.2) is 0 Å². The SMILES string of the molecule is CCNc1cc(Nc2ccc(C)c(C)c2)ncn1. The molecule has 1 aromatic heterocycles. The van der Waals surface area contributed by atoms with Gasteiger partial charge >= 0.3 is 0 Å². The van der Waals surface area contributed by atoms with E-state index >= 15 is 0 Å². The summed E-state index contributed by atoms with van der Waals surface area (Å²) in [6.07, 6.45) is 1.56. The number of rotatable bonds is 4. The van der Waals surface area contributed by atoms with E-state index in [9.17, 15) is 0 Å². The van der Waals surface area contributed by atoms with Gasteiger partial charge in [-0.05, 0) is 44.0 Å². The van der Waals surface area contributed by atoms with E-state index in [4.69, 9.17) is 0 Å². The van der Waals surface area contributed by atoms with Gasteiger partial charge in [-0.3, -0.25) is 0 Å². The molecule has 0 aliphatic heterocycles. The fourth-order valence-corrected chi connectivity index (χ4v) is 1.67. The van der Waals surface area contributed by atoms with Crippen LogP contribution in [-0.4, -0.2) is 16.5 Å². The average Bonchev–Trinajstić information content (AvgIpc) is 2.35. The highest BCUT2D eigenvalue weighted by atomic mass is 15.1. The van der Waals surface area contributed by atoms with Gasteiger partial charge < -0.3 is 10.6 Å². The Balaban J connectivity index is 2.17. The minimum absolute atomic E-state index is 0.796.